The lowest BCUT2D eigenvalue weighted by molar-refractivity contribution is 0.0466. The van der Waals surface area contributed by atoms with Gasteiger partial charge < -0.3 is 4.74 Å². The Hall–Kier alpha value is 0.210. The lowest BCUT2D eigenvalue weighted by atomic mass is 10.5. The van der Waals surface area contributed by atoms with Crippen molar-refractivity contribution >= 4 is 11.6 Å². The average Bonchev–Trinajstić information content (AvgIpc) is 1.90. The molecule has 1 fully saturated rings. The predicted molar refractivity (Wildman–Crippen MR) is 33.1 cm³/mol. The van der Waals surface area contributed by atoms with E-state index in [2.05, 4.69) is 4.90 Å². The van der Waals surface area contributed by atoms with Gasteiger partial charge in [0.05, 0.1) is 19.2 Å². The Labute approximate surface area is 54.4 Å². The fourth-order valence-corrected chi connectivity index (χ4v) is 0.960. The first kappa shape index (κ1) is 6.33. The third-order valence-corrected chi connectivity index (χ3v) is 1.61. The van der Waals surface area contributed by atoms with Crippen molar-refractivity contribution in [1.82, 2.24) is 4.90 Å². The highest BCUT2D eigenvalue weighted by molar-refractivity contribution is 6.17. The molecule has 0 atom stereocenters. The van der Waals surface area contributed by atoms with Gasteiger partial charge in [-0.1, -0.05) is 0 Å². The van der Waals surface area contributed by atoms with E-state index in [1.165, 1.54) is 0 Å². The van der Waals surface area contributed by atoms with E-state index < -0.39 is 0 Å². The van der Waals surface area contributed by atoms with Gasteiger partial charge in [0.15, 0.2) is 0 Å². The highest BCUT2D eigenvalue weighted by atomic mass is 35.5. The van der Waals surface area contributed by atoms with E-state index in [9.17, 15) is 0 Å². The monoisotopic (exact) mass is 135 g/mol. The van der Waals surface area contributed by atoms with Crippen LogP contribution in [0.1, 0.15) is 0 Å². The molecule has 0 spiro atoms. The highest BCUT2D eigenvalue weighted by Gasteiger charge is 2.06. The van der Waals surface area contributed by atoms with Crippen molar-refractivity contribution in [2.45, 2.75) is 0 Å². The van der Waals surface area contributed by atoms with E-state index in [1.807, 2.05) is 0 Å². The molecule has 0 N–H and O–H groups in total. The largest absolute Gasteiger partial charge is 0.379 e. The summed E-state index contributed by atoms with van der Waals surface area (Å²) in [4.78, 5) is 2.16. The molecule has 0 aromatic rings. The molecular weight excluding hydrogens is 126 g/mol. The zero-order valence-electron chi connectivity index (χ0n) is 4.77. The molecule has 1 heterocycles. The highest BCUT2D eigenvalue weighted by Crippen LogP contribution is 1.96. The molecule has 0 aromatic heterocycles. The number of morpholine rings is 1. The second-order valence-corrected chi connectivity index (χ2v) is 2.09. The number of halogens is 1. The molecule has 0 unspecified atom stereocenters. The second kappa shape index (κ2) is 3.28. The first-order valence-corrected chi connectivity index (χ1v) is 3.33. The Bertz CT molecular complexity index is 63.4. The molecule has 1 aliphatic rings. The van der Waals surface area contributed by atoms with Crippen LogP contribution in [0.2, 0.25) is 0 Å². The van der Waals surface area contributed by atoms with E-state index in [-0.39, 0.29) is 0 Å². The maximum atomic E-state index is 5.55. The van der Waals surface area contributed by atoms with Crippen molar-refractivity contribution in [3.63, 3.8) is 0 Å². The third-order valence-electron chi connectivity index (χ3n) is 1.27. The minimum absolute atomic E-state index is 0.642. The van der Waals surface area contributed by atoms with Gasteiger partial charge in [-0.3, -0.25) is 4.90 Å². The van der Waals surface area contributed by atoms with E-state index in [0.717, 1.165) is 26.3 Å². The van der Waals surface area contributed by atoms with Gasteiger partial charge in [0.1, 0.15) is 0 Å². The van der Waals surface area contributed by atoms with Crippen LogP contribution in [0.15, 0.2) is 0 Å². The number of hydrogen-bond donors (Lipinski definition) is 0. The zero-order valence-corrected chi connectivity index (χ0v) is 5.52. The molecule has 0 bridgehead atoms. The normalized spacial score (nSPS) is 23.6. The summed E-state index contributed by atoms with van der Waals surface area (Å²) in [5.74, 6) is 0. The van der Waals surface area contributed by atoms with E-state index in [4.69, 9.17) is 16.3 Å². The maximum absolute atomic E-state index is 5.55. The van der Waals surface area contributed by atoms with Crippen LogP contribution in [0.3, 0.4) is 0 Å². The van der Waals surface area contributed by atoms with Crippen LogP contribution >= 0.6 is 11.6 Å². The van der Waals surface area contributed by atoms with E-state index >= 15 is 0 Å². The number of hydrogen-bond acceptors (Lipinski definition) is 2. The molecule has 2 nitrogen and oxygen atoms in total. The number of rotatable bonds is 1. The lowest BCUT2D eigenvalue weighted by Gasteiger charge is -2.23. The molecular formula is C5H10ClNO. The number of nitrogens with zero attached hydrogens (tertiary/aromatic N) is 1. The van der Waals surface area contributed by atoms with Crippen molar-refractivity contribution in [3.8, 4) is 0 Å². The molecule has 0 saturated carbocycles. The van der Waals surface area contributed by atoms with Gasteiger partial charge in [0, 0.05) is 13.1 Å². The summed E-state index contributed by atoms with van der Waals surface area (Å²) in [6.07, 6.45) is 0. The SMILES string of the molecule is ClCN1CCOCC1. The van der Waals surface area contributed by atoms with Gasteiger partial charge in [-0.15, -0.1) is 11.6 Å². The van der Waals surface area contributed by atoms with Gasteiger partial charge in [-0.05, 0) is 0 Å². The van der Waals surface area contributed by atoms with Gasteiger partial charge in [0.25, 0.3) is 0 Å². The summed E-state index contributed by atoms with van der Waals surface area (Å²) in [5, 5.41) is 0. The first-order valence-electron chi connectivity index (χ1n) is 2.79. The van der Waals surface area contributed by atoms with Crippen LogP contribution < -0.4 is 0 Å². The average molecular weight is 136 g/mol. The molecule has 1 rings (SSSR count). The summed E-state index contributed by atoms with van der Waals surface area (Å²) in [5.41, 5.74) is 0. The number of alkyl halides is 1. The molecule has 48 valence electrons. The predicted octanol–water partition coefficient (Wildman–Crippen LogP) is 0.515. The zero-order chi connectivity index (χ0) is 5.82. The minimum atomic E-state index is 0.642. The van der Waals surface area contributed by atoms with Crippen LogP contribution in [0, 0.1) is 0 Å². The molecule has 0 aromatic carbocycles. The Morgan fingerprint density at radius 2 is 2.00 bits per heavy atom. The van der Waals surface area contributed by atoms with Gasteiger partial charge in [0.2, 0.25) is 0 Å². The fraction of sp³-hybridized carbons (Fsp3) is 1.00. The minimum Gasteiger partial charge on any atom is -0.379 e. The molecule has 0 radical (unpaired) electrons. The van der Waals surface area contributed by atoms with Crippen molar-refractivity contribution < 1.29 is 4.74 Å². The van der Waals surface area contributed by atoms with E-state index in [1.54, 1.807) is 0 Å². The lowest BCUT2D eigenvalue weighted by Crippen LogP contribution is -2.35. The molecule has 1 aliphatic heterocycles. The summed E-state index contributed by atoms with van der Waals surface area (Å²) in [6, 6.07) is 0.642. The molecule has 0 aliphatic carbocycles. The number of ether oxygens (including phenoxy) is 1. The van der Waals surface area contributed by atoms with Gasteiger partial charge in [-0.25, -0.2) is 0 Å². The van der Waals surface area contributed by atoms with Crippen LogP contribution in [-0.4, -0.2) is 37.2 Å². The van der Waals surface area contributed by atoms with Crippen LogP contribution in [-0.2, 0) is 4.74 Å². The Balaban J connectivity index is 2.13. The van der Waals surface area contributed by atoms with Crippen molar-refractivity contribution in [2.75, 3.05) is 32.3 Å². The standard InChI is InChI=1S/C5H10ClNO/c6-5-7-1-3-8-4-2-7/h1-5H2. The van der Waals surface area contributed by atoms with Crippen LogP contribution in [0.5, 0.6) is 0 Å². The summed E-state index contributed by atoms with van der Waals surface area (Å²) in [6.45, 7) is 3.66. The summed E-state index contributed by atoms with van der Waals surface area (Å²) < 4.78 is 5.10. The van der Waals surface area contributed by atoms with Crippen molar-refractivity contribution in [2.24, 2.45) is 0 Å². The topological polar surface area (TPSA) is 12.5 Å². The fourth-order valence-electron chi connectivity index (χ4n) is 0.721. The Morgan fingerprint density at radius 1 is 1.38 bits per heavy atom. The van der Waals surface area contributed by atoms with Gasteiger partial charge in [-0.2, -0.15) is 0 Å². The second-order valence-electron chi connectivity index (χ2n) is 1.85. The van der Waals surface area contributed by atoms with Crippen molar-refractivity contribution in [1.29, 1.82) is 0 Å². The van der Waals surface area contributed by atoms with E-state index in [0.29, 0.717) is 6.00 Å². The molecule has 0 amide bonds. The third kappa shape index (κ3) is 1.62. The molecule has 1 saturated heterocycles. The summed E-state index contributed by atoms with van der Waals surface area (Å²) in [7, 11) is 0. The van der Waals surface area contributed by atoms with Gasteiger partial charge >= 0.3 is 0 Å². The van der Waals surface area contributed by atoms with Crippen molar-refractivity contribution in [3.05, 3.63) is 0 Å². The smallest absolute Gasteiger partial charge is 0.0740 e. The first-order chi connectivity index (χ1) is 3.93. The summed E-state index contributed by atoms with van der Waals surface area (Å²) >= 11 is 5.55. The Morgan fingerprint density at radius 3 is 2.38 bits per heavy atom. The van der Waals surface area contributed by atoms with Crippen LogP contribution in [0.4, 0.5) is 0 Å². The van der Waals surface area contributed by atoms with Crippen LogP contribution in [0.25, 0.3) is 0 Å². The quantitative estimate of drug-likeness (QED) is 0.384. The molecule has 8 heavy (non-hydrogen) atoms. The molecule has 3 heteroatoms. The Kier molecular flexibility index (Phi) is 2.59. The maximum Gasteiger partial charge on any atom is 0.0740 e.